The van der Waals surface area contributed by atoms with Gasteiger partial charge in [0.15, 0.2) is 0 Å². The minimum atomic E-state index is -3.75. The second-order valence-corrected chi connectivity index (χ2v) is 8.19. The van der Waals surface area contributed by atoms with Gasteiger partial charge in [0.05, 0.1) is 10.6 Å². The van der Waals surface area contributed by atoms with Gasteiger partial charge < -0.3 is 5.32 Å². The molecule has 0 aliphatic rings. The normalized spacial score (nSPS) is 12.6. The summed E-state index contributed by atoms with van der Waals surface area (Å²) >= 11 is 0. The molecule has 1 heterocycles. The van der Waals surface area contributed by atoms with Gasteiger partial charge in [0.25, 0.3) is 0 Å². The van der Waals surface area contributed by atoms with Crippen molar-refractivity contribution in [1.82, 2.24) is 14.0 Å². The third kappa shape index (κ3) is 4.40. The van der Waals surface area contributed by atoms with Crippen molar-refractivity contribution in [3.63, 3.8) is 0 Å². The lowest BCUT2D eigenvalue weighted by atomic mass is 10.5. The zero-order valence-corrected chi connectivity index (χ0v) is 13.1. The molecule has 0 fully saturated rings. The van der Waals surface area contributed by atoms with E-state index in [1.165, 1.54) is 32.4 Å². The third-order valence-corrected chi connectivity index (χ3v) is 5.80. The van der Waals surface area contributed by atoms with Crippen molar-refractivity contribution in [3.05, 3.63) is 18.3 Å². The molecule has 8 nitrogen and oxygen atoms in total. The van der Waals surface area contributed by atoms with Crippen LogP contribution >= 0.6 is 0 Å². The average Bonchev–Trinajstić information content (AvgIpc) is 2.38. The molecule has 10 heteroatoms. The molecular weight excluding hydrogens is 304 g/mol. The second-order valence-electron chi connectivity index (χ2n) is 4.12. The fourth-order valence-electron chi connectivity index (χ4n) is 1.29. The van der Waals surface area contributed by atoms with E-state index in [0.29, 0.717) is 5.82 Å². The summed E-state index contributed by atoms with van der Waals surface area (Å²) in [5.41, 5.74) is 0. The predicted molar refractivity (Wildman–Crippen MR) is 76.4 cm³/mol. The van der Waals surface area contributed by atoms with E-state index in [4.69, 9.17) is 0 Å². The van der Waals surface area contributed by atoms with Crippen LogP contribution in [-0.2, 0) is 20.0 Å². The van der Waals surface area contributed by atoms with Crippen molar-refractivity contribution in [2.45, 2.75) is 4.90 Å². The van der Waals surface area contributed by atoms with Gasteiger partial charge >= 0.3 is 0 Å². The van der Waals surface area contributed by atoms with Gasteiger partial charge in [0.1, 0.15) is 5.82 Å². The van der Waals surface area contributed by atoms with E-state index in [-0.39, 0.29) is 17.2 Å². The SMILES string of the molecule is CNc1cc(S(=O)(=O)NCCS(=O)(=O)N(C)C)ccn1. The fourth-order valence-corrected chi connectivity index (χ4v) is 3.18. The Morgan fingerprint density at radius 2 is 1.90 bits per heavy atom. The Bertz CT molecular complexity index is 656. The first kappa shape index (κ1) is 16.8. The molecule has 0 aliphatic carbocycles. The van der Waals surface area contributed by atoms with Crippen LogP contribution in [0.5, 0.6) is 0 Å². The molecule has 0 saturated heterocycles. The van der Waals surface area contributed by atoms with Gasteiger partial charge in [-0.25, -0.2) is 30.8 Å². The van der Waals surface area contributed by atoms with Crippen LogP contribution in [-0.4, -0.2) is 59.6 Å². The summed E-state index contributed by atoms with van der Waals surface area (Å²) in [5.74, 6) is 0.109. The molecule has 20 heavy (non-hydrogen) atoms. The lowest BCUT2D eigenvalue weighted by Gasteiger charge is -2.12. The number of nitrogens with zero attached hydrogens (tertiary/aromatic N) is 2. The highest BCUT2D eigenvalue weighted by Crippen LogP contribution is 2.11. The van der Waals surface area contributed by atoms with Gasteiger partial charge in [-0.3, -0.25) is 0 Å². The Hall–Kier alpha value is -1.23. The van der Waals surface area contributed by atoms with Crippen LogP contribution in [0.1, 0.15) is 0 Å². The molecule has 1 aromatic rings. The van der Waals surface area contributed by atoms with Gasteiger partial charge in [0, 0.05) is 40.0 Å². The van der Waals surface area contributed by atoms with Crippen molar-refractivity contribution in [2.75, 3.05) is 38.8 Å². The van der Waals surface area contributed by atoms with Crippen molar-refractivity contribution in [3.8, 4) is 0 Å². The maximum Gasteiger partial charge on any atom is 0.240 e. The number of hydrogen-bond acceptors (Lipinski definition) is 6. The first-order valence-electron chi connectivity index (χ1n) is 5.73. The molecule has 1 aromatic heterocycles. The number of hydrogen-bond donors (Lipinski definition) is 2. The lowest BCUT2D eigenvalue weighted by Crippen LogP contribution is -2.33. The summed E-state index contributed by atoms with van der Waals surface area (Å²) in [6.45, 7) is -0.194. The Kier molecular flexibility index (Phi) is 5.45. The zero-order chi connectivity index (χ0) is 15.4. The van der Waals surface area contributed by atoms with Crippen molar-refractivity contribution in [2.24, 2.45) is 0 Å². The van der Waals surface area contributed by atoms with Gasteiger partial charge in [-0.1, -0.05) is 0 Å². The fraction of sp³-hybridized carbons (Fsp3) is 0.500. The Morgan fingerprint density at radius 1 is 1.25 bits per heavy atom. The standard InChI is InChI=1S/C10H18N4O4S2/c1-11-10-8-9(4-5-12-10)20(17,18)13-6-7-19(15,16)14(2)3/h4-5,8,13H,6-7H2,1-3H3,(H,11,12). The summed E-state index contributed by atoms with van der Waals surface area (Å²) in [6.07, 6.45) is 1.36. The highest BCUT2D eigenvalue weighted by Gasteiger charge is 2.18. The summed E-state index contributed by atoms with van der Waals surface area (Å²) in [5, 5.41) is 2.73. The molecule has 1 rings (SSSR count). The van der Waals surface area contributed by atoms with Crippen molar-refractivity contribution >= 4 is 25.9 Å². The number of sulfonamides is 2. The van der Waals surface area contributed by atoms with Crippen LogP contribution in [0.25, 0.3) is 0 Å². The first-order chi connectivity index (χ1) is 9.19. The Balaban J connectivity index is 2.76. The van der Waals surface area contributed by atoms with Gasteiger partial charge in [0.2, 0.25) is 20.0 Å². The Morgan fingerprint density at radius 3 is 2.45 bits per heavy atom. The van der Waals surface area contributed by atoms with Crippen LogP contribution < -0.4 is 10.0 Å². The third-order valence-electron chi connectivity index (χ3n) is 2.51. The minimum absolute atomic E-state index is 0.0269. The van der Waals surface area contributed by atoms with E-state index >= 15 is 0 Å². The summed E-state index contributed by atoms with van der Waals surface area (Å²) in [7, 11) is -2.78. The van der Waals surface area contributed by atoms with Gasteiger partial charge in [-0.15, -0.1) is 0 Å². The largest absolute Gasteiger partial charge is 0.373 e. The van der Waals surface area contributed by atoms with E-state index in [1.54, 1.807) is 7.05 Å². The van der Waals surface area contributed by atoms with E-state index in [9.17, 15) is 16.8 Å². The van der Waals surface area contributed by atoms with E-state index < -0.39 is 20.0 Å². The molecule has 0 saturated carbocycles. The maximum absolute atomic E-state index is 12.0. The number of rotatable bonds is 7. The van der Waals surface area contributed by atoms with E-state index in [0.717, 1.165) is 4.31 Å². The highest BCUT2D eigenvalue weighted by atomic mass is 32.2. The number of pyridine rings is 1. The number of anilines is 1. The first-order valence-corrected chi connectivity index (χ1v) is 8.82. The topological polar surface area (TPSA) is 108 Å². The average molecular weight is 322 g/mol. The summed E-state index contributed by atoms with van der Waals surface area (Å²) in [6, 6.07) is 2.70. The van der Waals surface area contributed by atoms with Crippen LogP contribution in [0.15, 0.2) is 23.2 Å². The van der Waals surface area contributed by atoms with Crippen LogP contribution in [0.4, 0.5) is 5.82 Å². The zero-order valence-electron chi connectivity index (χ0n) is 11.5. The molecule has 0 amide bonds. The molecule has 0 radical (unpaired) electrons. The second kappa shape index (κ2) is 6.48. The number of aromatic nitrogens is 1. The summed E-state index contributed by atoms with van der Waals surface area (Å²) < 4.78 is 50.3. The van der Waals surface area contributed by atoms with Crippen LogP contribution in [0.3, 0.4) is 0 Å². The molecule has 2 N–H and O–H groups in total. The smallest absolute Gasteiger partial charge is 0.240 e. The van der Waals surface area contributed by atoms with E-state index in [2.05, 4.69) is 15.0 Å². The molecule has 114 valence electrons. The monoisotopic (exact) mass is 322 g/mol. The quantitative estimate of drug-likeness (QED) is 0.687. The number of nitrogens with one attached hydrogen (secondary N) is 2. The van der Waals surface area contributed by atoms with Crippen LogP contribution in [0, 0.1) is 0 Å². The van der Waals surface area contributed by atoms with E-state index in [1.807, 2.05) is 0 Å². The van der Waals surface area contributed by atoms with Crippen LogP contribution in [0.2, 0.25) is 0 Å². The van der Waals surface area contributed by atoms with Gasteiger partial charge in [-0.2, -0.15) is 0 Å². The molecule has 0 atom stereocenters. The Labute approximate surface area is 119 Å². The minimum Gasteiger partial charge on any atom is -0.373 e. The molecule has 0 aromatic carbocycles. The molecule has 0 aliphatic heterocycles. The van der Waals surface area contributed by atoms with Gasteiger partial charge in [-0.05, 0) is 6.07 Å². The van der Waals surface area contributed by atoms with Crippen molar-refractivity contribution < 1.29 is 16.8 Å². The molecule has 0 unspecified atom stereocenters. The van der Waals surface area contributed by atoms with Crippen molar-refractivity contribution in [1.29, 1.82) is 0 Å². The molecule has 0 spiro atoms. The molecular formula is C10H18N4O4S2. The maximum atomic E-state index is 12.0. The summed E-state index contributed by atoms with van der Waals surface area (Å²) in [4.78, 5) is 3.94. The highest BCUT2D eigenvalue weighted by molar-refractivity contribution is 7.90. The lowest BCUT2D eigenvalue weighted by molar-refractivity contribution is 0.519. The predicted octanol–water partition coefficient (Wildman–Crippen LogP) is -0.707. The molecule has 0 bridgehead atoms.